The SMILES string of the molecule is CCN(CC)S(=O)(=O)c1ccc2nc(/C(Cl)=C/c3csnn3)[nH]c2c1. The average molecular weight is 398 g/mol. The predicted octanol–water partition coefficient (Wildman–Crippen LogP) is 3.18. The summed E-state index contributed by atoms with van der Waals surface area (Å²) in [5.74, 6) is 0.446. The van der Waals surface area contributed by atoms with Gasteiger partial charge in [0.15, 0.2) is 0 Å². The van der Waals surface area contributed by atoms with Crippen molar-refractivity contribution in [1.82, 2.24) is 23.9 Å². The van der Waals surface area contributed by atoms with E-state index in [9.17, 15) is 8.42 Å². The molecule has 0 bridgehead atoms. The van der Waals surface area contributed by atoms with Crippen LogP contribution in [0.5, 0.6) is 0 Å². The van der Waals surface area contributed by atoms with Crippen LogP contribution in [0.1, 0.15) is 25.4 Å². The third kappa shape index (κ3) is 3.59. The first-order valence-corrected chi connectivity index (χ1v) is 10.3. The number of rotatable bonds is 6. The molecule has 0 unspecified atom stereocenters. The van der Waals surface area contributed by atoms with Crippen LogP contribution in [-0.4, -0.2) is 45.4 Å². The Labute approximate surface area is 154 Å². The minimum Gasteiger partial charge on any atom is -0.337 e. The van der Waals surface area contributed by atoms with Crippen LogP contribution in [0.4, 0.5) is 0 Å². The molecule has 3 rings (SSSR count). The number of nitrogens with one attached hydrogen (secondary N) is 1. The normalized spacial score (nSPS) is 13.0. The second-order valence-corrected chi connectivity index (χ2v) is 8.13. The van der Waals surface area contributed by atoms with Crippen LogP contribution in [0.15, 0.2) is 28.5 Å². The van der Waals surface area contributed by atoms with E-state index in [0.29, 0.717) is 40.7 Å². The molecule has 1 aromatic carbocycles. The lowest BCUT2D eigenvalue weighted by molar-refractivity contribution is 0.445. The van der Waals surface area contributed by atoms with Gasteiger partial charge in [-0.2, -0.15) is 4.31 Å². The maximum atomic E-state index is 12.6. The van der Waals surface area contributed by atoms with Crippen molar-refractivity contribution in [3.63, 3.8) is 0 Å². The quantitative estimate of drug-likeness (QED) is 0.689. The van der Waals surface area contributed by atoms with Crippen LogP contribution >= 0.6 is 23.1 Å². The zero-order valence-corrected chi connectivity index (χ0v) is 16.0. The van der Waals surface area contributed by atoms with Gasteiger partial charge in [0, 0.05) is 18.5 Å². The molecule has 10 heteroatoms. The number of imidazole rings is 1. The first-order chi connectivity index (χ1) is 12.0. The van der Waals surface area contributed by atoms with Gasteiger partial charge < -0.3 is 4.98 Å². The first-order valence-electron chi connectivity index (χ1n) is 7.60. The lowest BCUT2D eigenvalue weighted by atomic mass is 10.3. The molecule has 25 heavy (non-hydrogen) atoms. The molecule has 3 aromatic rings. The van der Waals surface area contributed by atoms with Crippen molar-refractivity contribution in [3.8, 4) is 0 Å². The Kier molecular flexibility index (Phi) is 5.19. The molecule has 0 atom stereocenters. The van der Waals surface area contributed by atoms with E-state index < -0.39 is 10.0 Å². The van der Waals surface area contributed by atoms with Crippen molar-refractivity contribution in [1.29, 1.82) is 0 Å². The van der Waals surface area contributed by atoms with Crippen molar-refractivity contribution in [2.45, 2.75) is 18.7 Å². The Morgan fingerprint density at radius 2 is 2.12 bits per heavy atom. The highest BCUT2D eigenvalue weighted by Gasteiger charge is 2.22. The predicted molar refractivity (Wildman–Crippen MR) is 99.8 cm³/mol. The summed E-state index contributed by atoms with van der Waals surface area (Å²) in [6, 6.07) is 4.80. The summed E-state index contributed by atoms with van der Waals surface area (Å²) >= 11 is 7.50. The third-order valence-electron chi connectivity index (χ3n) is 3.67. The van der Waals surface area contributed by atoms with Gasteiger partial charge in [-0.25, -0.2) is 13.4 Å². The van der Waals surface area contributed by atoms with Gasteiger partial charge in [-0.3, -0.25) is 0 Å². The highest BCUT2D eigenvalue weighted by molar-refractivity contribution is 7.89. The van der Waals surface area contributed by atoms with Gasteiger partial charge in [0.05, 0.1) is 26.7 Å². The van der Waals surface area contributed by atoms with E-state index in [1.807, 2.05) is 13.8 Å². The van der Waals surface area contributed by atoms with Crippen molar-refractivity contribution in [2.24, 2.45) is 0 Å². The zero-order valence-electron chi connectivity index (χ0n) is 13.6. The minimum absolute atomic E-state index is 0.225. The lowest BCUT2D eigenvalue weighted by Crippen LogP contribution is -2.30. The van der Waals surface area contributed by atoms with Crippen LogP contribution in [0.3, 0.4) is 0 Å². The van der Waals surface area contributed by atoms with Crippen molar-refractivity contribution in [3.05, 3.63) is 35.1 Å². The van der Waals surface area contributed by atoms with Crippen molar-refractivity contribution < 1.29 is 8.42 Å². The molecular formula is C15H16ClN5O2S2. The lowest BCUT2D eigenvalue weighted by Gasteiger charge is -2.18. The summed E-state index contributed by atoms with van der Waals surface area (Å²) in [5.41, 5.74) is 1.88. The van der Waals surface area contributed by atoms with E-state index in [1.54, 1.807) is 29.7 Å². The summed E-state index contributed by atoms with van der Waals surface area (Å²) < 4.78 is 30.4. The number of hydrogen-bond acceptors (Lipinski definition) is 6. The van der Waals surface area contributed by atoms with Crippen LogP contribution in [0.2, 0.25) is 0 Å². The van der Waals surface area contributed by atoms with Gasteiger partial charge in [0.2, 0.25) is 10.0 Å². The average Bonchev–Trinajstić information content (AvgIpc) is 3.23. The summed E-state index contributed by atoms with van der Waals surface area (Å²) in [6.07, 6.45) is 1.65. The molecule has 0 amide bonds. The molecule has 0 saturated heterocycles. The third-order valence-corrected chi connectivity index (χ3v) is 6.53. The highest BCUT2D eigenvalue weighted by Crippen LogP contribution is 2.25. The summed E-state index contributed by atoms with van der Waals surface area (Å²) in [6.45, 7) is 4.46. The molecule has 0 aliphatic carbocycles. The Morgan fingerprint density at radius 3 is 2.76 bits per heavy atom. The van der Waals surface area contributed by atoms with Crippen LogP contribution in [-0.2, 0) is 10.0 Å². The molecule has 7 nitrogen and oxygen atoms in total. The fraction of sp³-hybridized carbons (Fsp3) is 0.267. The number of hydrogen-bond donors (Lipinski definition) is 1. The number of aromatic amines is 1. The fourth-order valence-electron chi connectivity index (χ4n) is 2.41. The summed E-state index contributed by atoms with van der Waals surface area (Å²) in [4.78, 5) is 7.67. The van der Waals surface area contributed by atoms with E-state index in [2.05, 4.69) is 19.6 Å². The highest BCUT2D eigenvalue weighted by atomic mass is 35.5. The Bertz CT molecular complexity index is 1010. The van der Waals surface area contributed by atoms with E-state index in [0.717, 1.165) is 0 Å². The molecule has 0 fully saturated rings. The van der Waals surface area contributed by atoms with E-state index in [-0.39, 0.29) is 4.90 Å². The molecule has 0 radical (unpaired) electrons. The van der Waals surface area contributed by atoms with Crippen LogP contribution < -0.4 is 0 Å². The molecule has 0 spiro atoms. The molecule has 2 aromatic heterocycles. The maximum Gasteiger partial charge on any atom is 0.243 e. The molecule has 1 N–H and O–H groups in total. The Morgan fingerprint density at radius 1 is 1.36 bits per heavy atom. The number of aromatic nitrogens is 4. The van der Waals surface area contributed by atoms with E-state index in [1.165, 1.54) is 15.8 Å². The maximum absolute atomic E-state index is 12.6. The van der Waals surface area contributed by atoms with Crippen molar-refractivity contribution >= 4 is 55.3 Å². The van der Waals surface area contributed by atoms with Crippen LogP contribution in [0.25, 0.3) is 22.1 Å². The van der Waals surface area contributed by atoms with Gasteiger partial charge in [-0.15, -0.1) is 5.10 Å². The van der Waals surface area contributed by atoms with Crippen molar-refractivity contribution in [2.75, 3.05) is 13.1 Å². The van der Waals surface area contributed by atoms with Gasteiger partial charge in [0.25, 0.3) is 0 Å². The summed E-state index contributed by atoms with van der Waals surface area (Å²) in [7, 11) is -3.52. The molecule has 132 valence electrons. The van der Waals surface area contributed by atoms with Gasteiger partial charge in [-0.05, 0) is 35.8 Å². The molecule has 0 saturated carbocycles. The monoisotopic (exact) mass is 397 g/mol. The molecule has 0 aliphatic heterocycles. The van der Waals surface area contributed by atoms with E-state index in [4.69, 9.17) is 11.6 Å². The van der Waals surface area contributed by atoms with Gasteiger partial charge in [0.1, 0.15) is 5.82 Å². The zero-order chi connectivity index (χ0) is 18.0. The standard InChI is InChI=1S/C15H16ClN5O2S2/c1-3-21(4-2)25(22,23)11-5-6-13-14(8-11)18-15(17-13)12(16)7-10-9-24-20-19-10/h5-9H,3-4H2,1-2H3,(H,17,18)/b12-7-. The number of halogens is 1. The van der Waals surface area contributed by atoms with Gasteiger partial charge >= 0.3 is 0 Å². The number of H-pyrrole nitrogens is 1. The number of fused-ring (bicyclic) bond motifs is 1. The molecule has 0 aliphatic rings. The number of benzene rings is 1. The number of sulfonamides is 1. The fourth-order valence-corrected chi connectivity index (χ4v) is 4.51. The Hall–Kier alpha value is -1.81. The second-order valence-electron chi connectivity index (χ2n) is 5.18. The van der Waals surface area contributed by atoms with E-state index >= 15 is 0 Å². The molecular weight excluding hydrogens is 382 g/mol. The van der Waals surface area contributed by atoms with Crippen LogP contribution in [0, 0.1) is 0 Å². The summed E-state index contributed by atoms with van der Waals surface area (Å²) in [5, 5.41) is 6.04. The molecule has 2 heterocycles. The largest absolute Gasteiger partial charge is 0.337 e. The Balaban J connectivity index is 2.00. The van der Waals surface area contributed by atoms with Gasteiger partial charge in [-0.1, -0.05) is 29.9 Å². The topological polar surface area (TPSA) is 91.8 Å². The second kappa shape index (κ2) is 7.20. The minimum atomic E-state index is -3.52. The first kappa shape index (κ1) is 18.0. The smallest absolute Gasteiger partial charge is 0.243 e. The number of nitrogens with zero attached hydrogens (tertiary/aromatic N) is 4.